The number of non-ortho nitro benzene ring substituents is 1. The molecule has 0 atom stereocenters. The third kappa shape index (κ3) is 4.16. The van der Waals surface area contributed by atoms with E-state index in [-0.39, 0.29) is 17.0 Å². The molecule has 2 aromatic rings. The highest BCUT2D eigenvalue weighted by atomic mass is 79.9. The number of rotatable bonds is 4. The molecule has 0 unspecified atom stereocenters. The van der Waals surface area contributed by atoms with Gasteiger partial charge in [-0.05, 0) is 30.3 Å². The number of amides is 1. The molecule has 0 saturated heterocycles. The second-order valence-corrected chi connectivity index (χ2v) is 5.25. The first-order chi connectivity index (χ1) is 10.5. The number of phenolic OH excluding ortho intramolecular Hbond substituents is 1. The van der Waals surface area contributed by atoms with Crippen LogP contribution in [0.1, 0.15) is 5.56 Å². The molecular formula is C15H11BrN2O4. The summed E-state index contributed by atoms with van der Waals surface area (Å²) in [6.07, 6.45) is 2.51. The number of benzene rings is 2. The van der Waals surface area contributed by atoms with Crippen molar-refractivity contribution in [1.29, 1.82) is 0 Å². The van der Waals surface area contributed by atoms with Gasteiger partial charge in [-0.15, -0.1) is 0 Å². The van der Waals surface area contributed by atoms with E-state index in [4.69, 9.17) is 0 Å². The fraction of sp³-hybridized carbons (Fsp3) is 0. The highest BCUT2D eigenvalue weighted by Gasteiger charge is 2.08. The Bertz CT molecular complexity index is 759. The van der Waals surface area contributed by atoms with E-state index in [2.05, 4.69) is 21.2 Å². The molecule has 2 aromatic carbocycles. The number of nitro benzene ring substituents is 1. The number of hydrogen-bond donors (Lipinski definition) is 2. The molecule has 0 bridgehead atoms. The molecular weight excluding hydrogens is 352 g/mol. The van der Waals surface area contributed by atoms with Crippen LogP contribution >= 0.6 is 15.9 Å². The van der Waals surface area contributed by atoms with Crippen molar-refractivity contribution in [2.45, 2.75) is 0 Å². The number of carbonyl (C=O) groups excluding carboxylic acids is 1. The number of hydrogen-bond acceptors (Lipinski definition) is 4. The molecule has 7 heteroatoms. The predicted molar refractivity (Wildman–Crippen MR) is 86.6 cm³/mol. The number of carbonyl (C=O) groups is 1. The van der Waals surface area contributed by atoms with Crippen LogP contribution in [0.25, 0.3) is 6.08 Å². The molecule has 0 radical (unpaired) electrons. The van der Waals surface area contributed by atoms with Crippen LogP contribution in [0.4, 0.5) is 11.4 Å². The third-order valence-electron chi connectivity index (χ3n) is 2.73. The van der Waals surface area contributed by atoms with Crippen LogP contribution in [-0.4, -0.2) is 15.9 Å². The van der Waals surface area contributed by atoms with Crippen molar-refractivity contribution in [2.75, 3.05) is 5.32 Å². The molecule has 2 rings (SSSR count). The SMILES string of the molecule is O=C(/C=C/c1cc([N+](=O)[O-])ccc1O)Nc1cccc(Br)c1. The molecule has 112 valence electrons. The van der Waals surface area contributed by atoms with E-state index in [0.717, 1.165) is 4.47 Å². The Labute approximate surface area is 134 Å². The van der Waals surface area contributed by atoms with Crippen LogP contribution in [0.15, 0.2) is 53.0 Å². The van der Waals surface area contributed by atoms with Gasteiger partial charge in [0.25, 0.3) is 5.69 Å². The maximum absolute atomic E-state index is 11.8. The van der Waals surface area contributed by atoms with Crippen LogP contribution < -0.4 is 5.32 Å². The van der Waals surface area contributed by atoms with Crippen molar-refractivity contribution in [3.63, 3.8) is 0 Å². The Kier molecular flexibility index (Phi) is 4.90. The number of nitro groups is 1. The Morgan fingerprint density at radius 2 is 2.05 bits per heavy atom. The fourth-order valence-electron chi connectivity index (χ4n) is 1.70. The van der Waals surface area contributed by atoms with Crippen molar-refractivity contribution in [2.24, 2.45) is 0 Å². The molecule has 1 amide bonds. The van der Waals surface area contributed by atoms with E-state index in [1.807, 2.05) is 6.07 Å². The van der Waals surface area contributed by atoms with Crippen molar-refractivity contribution in [3.8, 4) is 5.75 Å². The van der Waals surface area contributed by atoms with Crippen LogP contribution in [-0.2, 0) is 4.79 Å². The summed E-state index contributed by atoms with van der Waals surface area (Å²) in [7, 11) is 0. The van der Waals surface area contributed by atoms with E-state index in [0.29, 0.717) is 5.69 Å². The number of anilines is 1. The number of nitrogens with zero attached hydrogens (tertiary/aromatic N) is 1. The minimum atomic E-state index is -0.571. The Morgan fingerprint density at radius 3 is 2.73 bits per heavy atom. The van der Waals surface area contributed by atoms with Gasteiger partial charge in [-0.1, -0.05) is 22.0 Å². The van der Waals surface area contributed by atoms with Crippen molar-refractivity contribution in [1.82, 2.24) is 0 Å². The van der Waals surface area contributed by atoms with Gasteiger partial charge in [-0.25, -0.2) is 0 Å². The fourth-order valence-corrected chi connectivity index (χ4v) is 2.10. The lowest BCUT2D eigenvalue weighted by Gasteiger charge is -2.02. The average molecular weight is 363 g/mol. The number of nitrogens with one attached hydrogen (secondary N) is 1. The molecule has 6 nitrogen and oxygen atoms in total. The van der Waals surface area contributed by atoms with Gasteiger partial charge in [-0.2, -0.15) is 0 Å². The summed E-state index contributed by atoms with van der Waals surface area (Å²) in [4.78, 5) is 21.9. The Hall–Kier alpha value is -2.67. The molecule has 0 aliphatic heterocycles. The number of phenols is 1. The van der Waals surface area contributed by atoms with Gasteiger partial charge < -0.3 is 10.4 Å². The molecule has 0 heterocycles. The summed E-state index contributed by atoms with van der Waals surface area (Å²) in [6.45, 7) is 0. The summed E-state index contributed by atoms with van der Waals surface area (Å²) in [5.41, 5.74) is 0.635. The van der Waals surface area contributed by atoms with Gasteiger partial charge in [-0.3, -0.25) is 14.9 Å². The van der Waals surface area contributed by atoms with Gasteiger partial charge in [0.1, 0.15) is 5.75 Å². The zero-order valence-electron chi connectivity index (χ0n) is 11.2. The molecule has 0 spiro atoms. The lowest BCUT2D eigenvalue weighted by atomic mass is 10.1. The van der Waals surface area contributed by atoms with Crippen LogP contribution in [0, 0.1) is 10.1 Å². The lowest BCUT2D eigenvalue weighted by Crippen LogP contribution is -2.07. The average Bonchev–Trinajstić information content (AvgIpc) is 2.46. The van der Waals surface area contributed by atoms with Gasteiger partial charge in [0.15, 0.2) is 0 Å². The van der Waals surface area contributed by atoms with Crippen molar-refractivity contribution < 1.29 is 14.8 Å². The van der Waals surface area contributed by atoms with E-state index in [1.165, 1.54) is 30.4 Å². The summed E-state index contributed by atoms with van der Waals surface area (Å²) in [5.74, 6) is -0.555. The van der Waals surface area contributed by atoms with Gasteiger partial charge in [0, 0.05) is 33.9 Å². The third-order valence-corrected chi connectivity index (χ3v) is 3.22. The molecule has 0 fully saturated rings. The zero-order valence-corrected chi connectivity index (χ0v) is 12.8. The summed E-state index contributed by atoms with van der Waals surface area (Å²) >= 11 is 3.29. The standard InChI is InChI=1S/C15H11BrN2O4/c16-11-2-1-3-12(9-11)17-15(20)7-4-10-8-13(18(21)22)5-6-14(10)19/h1-9,19H,(H,17,20)/b7-4+. The first kappa shape index (κ1) is 15.7. The second kappa shape index (κ2) is 6.86. The van der Waals surface area contributed by atoms with Crippen LogP contribution in [0.3, 0.4) is 0 Å². The maximum Gasteiger partial charge on any atom is 0.270 e. The minimum Gasteiger partial charge on any atom is -0.507 e. The Balaban J connectivity index is 2.12. The summed E-state index contributed by atoms with van der Waals surface area (Å²) < 4.78 is 0.825. The summed E-state index contributed by atoms with van der Waals surface area (Å²) in [5, 5.41) is 23.0. The highest BCUT2D eigenvalue weighted by Crippen LogP contribution is 2.24. The van der Waals surface area contributed by atoms with E-state index >= 15 is 0 Å². The van der Waals surface area contributed by atoms with Crippen LogP contribution in [0.2, 0.25) is 0 Å². The quantitative estimate of drug-likeness (QED) is 0.492. The monoisotopic (exact) mass is 362 g/mol. The minimum absolute atomic E-state index is 0.142. The first-order valence-electron chi connectivity index (χ1n) is 6.18. The molecule has 0 aliphatic carbocycles. The lowest BCUT2D eigenvalue weighted by molar-refractivity contribution is -0.384. The van der Waals surface area contributed by atoms with Crippen molar-refractivity contribution in [3.05, 3.63) is 68.7 Å². The molecule has 0 aromatic heterocycles. The zero-order chi connectivity index (χ0) is 16.1. The first-order valence-corrected chi connectivity index (χ1v) is 6.97. The number of aromatic hydroxyl groups is 1. The maximum atomic E-state index is 11.8. The number of halogens is 1. The molecule has 0 aliphatic rings. The second-order valence-electron chi connectivity index (χ2n) is 4.33. The smallest absolute Gasteiger partial charge is 0.270 e. The van der Waals surface area contributed by atoms with E-state index < -0.39 is 10.8 Å². The topological polar surface area (TPSA) is 92.5 Å². The van der Waals surface area contributed by atoms with Gasteiger partial charge >= 0.3 is 0 Å². The largest absolute Gasteiger partial charge is 0.507 e. The van der Waals surface area contributed by atoms with Gasteiger partial charge in [0.2, 0.25) is 5.91 Å². The van der Waals surface area contributed by atoms with E-state index in [9.17, 15) is 20.0 Å². The highest BCUT2D eigenvalue weighted by molar-refractivity contribution is 9.10. The van der Waals surface area contributed by atoms with Crippen molar-refractivity contribution >= 4 is 39.3 Å². The molecule has 22 heavy (non-hydrogen) atoms. The van der Waals surface area contributed by atoms with Gasteiger partial charge in [0.05, 0.1) is 4.92 Å². The van der Waals surface area contributed by atoms with E-state index in [1.54, 1.807) is 18.2 Å². The predicted octanol–water partition coefficient (Wildman–Crippen LogP) is 3.71. The molecule has 2 N–H and O–H groups in total. The molecule has 0 saturated carbocycles. The van der Waals surface area contributed by atoms with Crippen LogP contribution in [0.5, 0.6) is 5.75 Å². The summed E-state index contributed by atoms with van der Waals surface area (Å²) in [6, 6.07) is 10.6. The normalized spacial score (nSPS) is 10.6. The Morgan fingerprint density at radius 1 is 1.27 bits per heavy atom.